The fourth-order valence-corrected chi connectivity index (χ4v) is 2.53. The molecule has 0 fully saturated rings. The van der Waals surface area contributed by atoms with Gasteiger partial charge in [-0.3, -0.25) is 4.79 Å². The Morgan fingerprint density at radius 1 is 1.54 bits per heavy atom. The summed E-state index contributed by atoms with van der Waals surface area (Å²) in [6.45, 7) is 3.62. The first-order chi connectivity index (χ1) is 6.02. The Labute approximate surface area is 100 Å². The molecule has 0 N–H and O–H groups in total. The van der Waals surface area contributed by atoms with E-state index in [1.807, 2.05) is 25.1 Å². The number of hydrogen-bond acceptors (Lipinski definition) is 1. The van der Waals surface area contributed by atoms with Crippen LogP contribution in [0.15, 0.2) is 18.2 Å². The van der Waals surface area contributed by atoms with Gasteiger partial charge in [0.25, 0.3) is 0 Å². The lowest BCUT2D eigenvalue weighted by Gasteiger charge is -2.09. The average Bonchev–Trinajstić information content (AvgIpc) is 2.08. The van der Waals surface area contributed by atoms with Crippen molar-refractivity contribution in [3.63, 3.8) is 0 Å². The highest BCUT2D eigenvalue weighted by Crippen LogP contribution is 2.28. The first-order valence-corrected chi connectivity index (χ1v) is 5.92. The Morgan fingerprint density at radius 2 is 2.15 bits per heavy atom. The van der Waals surface area contributed by atoms with Gasteiger partial charge in [-0.2, -0.15) is 0 Å². The monoisotopic (exact) mass is 352 g/mol. The quantitative estimate of drug-likeness (QED) is 0.586. The van der Waals surface area contributed by atoms with E-state index in [1.165, 1.54) is 5.56 Å². The summed E-state index contributed by atoms with van der Waals surface area (Å²) in [6, 6.07) is 6.12. The van der Waals surface area contributed by atoms with Crippen LogP contribution in [0, 0.1) is 10.5 Å². The lowest BCUT2D eigenvalue weighted by Crippen LogP contribution is -2.03. The highest BCUT2D eigenvalue weighted by atomic mass is 127. The van der Waals surface area contributed by atoms with Crippen LogP contribution in [0.2, 0.25) is 0 Å². The van der Waals surface area contributed by atoms with Crippen molar-refractivity contribution in [1.29, 1.82) is 0 Å². The summed E-state index contributed by atoms with van der Waals surface area (Å²) in [5.74, 6) is 0.142. The largest absolute Gasteiger partial charge is 0.298 e. The second-order valence-corrected chi connectivity index (χ2v) is 5.08. The van der Waals surface area contributed by atoms with E-state index in [0.29, 0.717) is 0 Å². The molecule has 0 radical (unpaired) electrons. The number of rotatable bonds is 2. The van der Waals surface area contributed by atoms with Crippen LogP contribution in [0.1, 0.15) is 22.9 Å². The predicted octanol–water partition coefficient (Wildman–Crippen LogP) is 3.62. The number of ketones is 1. The minimum Gasteiger partial charge on any atom is -0.298 e. The second-order valence-electron chi connectivity index (χ2n) is 3.00. The fraction of sp³-hybridized carbons (Fsp3) is 0.300. The molecule has 0 aliphatic carbocycles. The molecule has 0 aromatic heterocycles. The van der Waals surface area contributed by atoms with Gasteiger partial charge in [-0.05, 0) is 48.1 Å². The molecule has 0 heterocycles. The number of carbonyl (C=O) groups excluding carboxylic acids is 1. The van der Waals surface area contributed by atoms with Crippen molar-refractivity contribution < 1.29 is 4.79 Å². The smallest absolute Gasteiger partial charge is 0.147 e. The molecule has 1 aromatic carbocycles. The van der Waals surface area contributed by atoms with Gasteiger partial charge in [-0.15, -0.1) is 0 Å². The first kappa shape index (κ1) is 11.2. The third-order valence-electron chi connectivity index (χ3n) is 1.78. The van der Waals surface area contributed by atoms with Crippen molar-refractivity contribution in [3.05, 3.63) is 32.9 Å². The van der Waals surface area contributed by atoms with Crippen LogP contribution in [-0.2, 0) is 4.79 Å². The summed E-state index contributed by atoms with van der Waals surface area (Å²) in [7, 11) is 0. The number of benzene rings is 1. The van der Waals surface area contributed by atoms with Crippen LogP contribution in [0.25, 0.3) is 0 Å². The minimum absolute atomic E-state index is 0.142. The van der Waals surface area contributed by atoms with E-state index < -0.39 is 0 Å². The molecule has 0 spiro atoms. The van der Waals surface area contributed by atoms with E-state index in [0.717, 1.165) is 9.13 Å². The van der Waals surface area contributed by atoms with E-state index in [1.54, 1.807) is 6.92 Å². The molecule has 0 aliphatic heterocycles. The maximum absolute atomic E-state index is 11.2. The third kappa shape index (κ3) is 2.77. The van der Waals surface area contributed by atoms with Gasteiger partial charge < -0.3 is 0 Å². The SMILES string of the molecule is CC(=O)C(Br)c1cc(C)ccc1I. The topological polar surface area (TPSA) is 17.1 Å². The van der Waals surface area contributed by atoms with Gasteiger partial charge in [0.15, 0.2) is 0 Å². The molecule has 1 unspecified atom stereocenters. The standard InChI is InChI=1S/C10H10BrIO/c1-6-3-4-9(12)8(5-6)10(11)7(2)13/h3-5,10H,1-2H3. The van der Waals surface area contributed by atoms with E-state index in [2.05, 4.69) is 38.5 Å². The second kappa shape index (κ2) is 4.55. The van der Waals surface area contributed by atoms with E-state index in [-0.39, 0.29) is 10.6 Å². The number of hydrogen-bond donors (Lipinski definition) is 0. The number of halogens is 2. The van der Waals surface area contributed by atoms with Crippen molar-refractivity contribution >= 4 is 44.3 Å². The zero-order valence-electron chi connectivity index (χ0n) is 7.47. The van der Waals surface area contributed by atoms with Crippen molar-refractivity contribution in [2.45, 2.75) is 18.7 Å². The van der Waals surface area contributed by atoms with Crippen LogP contribution >= 0.6 is 38.5 Å². The predicted molar refractivity (Wildman–Crippen MR) is 66.2 cm³/mol. The fourth-order valence-electron chi connectivity index (χ4n) is 1.08. The van der Waals surface area contributed by atoms with Crippen molar-refractivity contribution in [1.82, 2.24) is 0 Å². The van der Waals surface area contributed by atoms with Crippen LogP contribution in [0.4, 0.5) is 0 Å². The lowest BCUT2D eigenvalue weighted by atomic mass is 10.1. The van der Waals surface area contributed by atoms with Gasteiger partial charge in [-0.25, -0.2) is 0 Å². The van der Waals surface area contributed by atoms with Crippen LogP contribution in [0.5, 0.6) is 0 Å². The Hall–Kier alpha value is 0.100. The molecule has 0 saturated heterocycles. The average molecular weight is 353 g/mol. The zero-order valence-corrected chi connectivity index (χ0v) is 11.2. The Bertz CT molecular complexity index is 336. The summed E-state index contributed by atoms with van der Waals surface area (Å²) >= 11 is 5.62. The summed E-state index contributed by atoms with van der Waals surface area (Å²) < 4.78 is 1.13. The van der Waals surface area contributed by atoms with Crippen LogP contribution < -0.4 is 0 Å². The molecule has 1 aromatic rings. The minimum atomic E-state index is -0.167. The van der Waals surface area contributed by atoms with E-state index in [4.69, 9.17) is 0 Å². The van der Waals surface area contributed by atoms with Gasteiger partial charge in [-0.1, -0.05) is 33.6 Å². The van der Waals surface area contributed by atoms with Gasteiger partial charge in [0, 0.05) is 3.57 Å². The third-order valence-corrected chi connectivity index (χ3v) is 3.90. The summed E-state index contributed by atoms with van der Waals surface area (Å²) in [6.07, 6.45) is 0. The van der Waals surface area contributed by atoms with Crippen molar-refractivity contribution in [2.24, 2.45) is 0 Å². The number of Topliss-reactive ketones (excluding diaryl/α,β-unsaturated/α-hetero) is 1. The van der Waals surface area contributed by atoms with Gasteiger partial charge in [0.2, 0.25) is 0 Å². The Morgan fingerprint density at radius 3 is 2.69 bits per heavy atom. The van der Waals surface area contributed by atoms with E-state index in [9.17, 15) is 4.79 Å². The van der Waals surface area contributed by atoms with Crippen molar-refractivity contribution in [3.8, 4) is 0 Å². The van der Waals surface area contributed by atoms with Crippen LogP contribution in [0.3, 0.4) is 0 Å². The molecular weight excluding hydrogens is 343 g/mol. The zero-order chi connectivity index (χ0) is 10.0. The summed E-state index contributed by atoms with van der Waals surface area (Å²) in [5.41, 5.74) is 2.24. The van der Waals surface area contributed by atoms with Gasteiger partial charge >= 0.3 is 0 Å². The first-order valence-electron chi connectivity index (χ1n) is 3.93. The van der Waals surface area contributed by atoms with Crippen molar-refractivity contribution in [2.75, 3.05) is 0 Å². The summed E-state index contributed by atoms with van der Waals surface area (Å²) in [4.78, 5) is 11.0. The number of aryl methyl sites for hydroxylation is 1. The molecule has 0 amide bonds. The molecule has 1 rings (SSSR count). The normalized spacial score (nSPS) is 12.6. The molecule has 0 saturated carbocycles. The maximum atomic E-state index is 11.2. The molecule has 3 heteroatoms. The summed E-state index contributed by atoms with van der Waals surface area (Å²) in [5, 5.41) is 0. The molecule has 13 heavy (non-hydrogen) atoms. The molecule has 0 aliphatic rings. The molecule has 70 valence electrons. The highest BCUT2D eigenvalue weighted by Gasteiger charge is 2.15. The van der Waals surface area contributed by atoms with Gasteiger partial charge in [0.1, 0.15) is 5.78 Å². The Balaban J connectivity index is 3.12. The number of carbonyl (C=O) groups is 1. The van der Waals surface area contributed by atoms with E-state index >= 15 is 0 Å². The molecule has 1 atom stereocenters. The maximum Gasteiger partial charge on any atom is 0.147 e. The highest BCUT2D eigenvalue weighted by molar-refractivity contribution is 14.1. The molecule has 1 nitrogen and oxygen atoms in total. The Kier molecular flexibility index (Phi) is 3.91. The van der Waals surface area contributed by atoms with Gasteiger partial charge in [0.05, 0.1) is 4.83 Å². The number of alkyl halides is 1. The lowest BCUT2D eigenvalue weighted by molar-refractivity contribution is -0.116. The van der Waals surface area contributed by atoms with Crippen LogP contribution in [-0.4, -0.2) is 5.78 Å². The molecular formula is C10H10BrIO. The molecule has 0 bridgehead atoms.